The third-order valence-corrected chi connectivity index (χ3v) is 5.84. The van der Waals surface area contributed by atoms with Crippen molar-refractivity contribution < 1.29 is 24.0 Å². The lowest BCUT2D eigenvalue weighted by Gasteiger charge is -2.23. The van der Waals surface area contributed by atoms with Crippen LogP contribution in [0.3, 0.4) is 0 Å². The highest BCUT2D eigenvalue weighted by atomic mass is 31.2. The minimum absolute atomic E-state index is 0.0153. The van der Waals surface area contributed by atoms with Gasteiger partial charge in [-0.15, -0.1) is 0 Å². The second-order valence-electron chi connectivity index (χ2n) is 7.37. The molecule has 1 aromatic heterocycles. The summed E-state index contributed by atoms with van der Waals surface area (Å²) in [7, 11) is -4.22. The number of aliphatic hydroxyl groups excluding tert-OH is 1. The first-order valence-corrected chi connectivity index (χ1v) is 12.0. The largest absolute Gasteiger partial charge is 0.395 e. The molecule has 0 aliphatic carbocycles. The van der Waals surface area contributed by atoms with Gasteiger partial charge >= 0.3 is 7.60 Å². The predicted molar refractivity (Wildman–Crippen MR) is 124 cm³/mol. The molecule has 2 aromatic carbocycles. The summed E-state index contributed by atoms with van der Waals surface area (Å²) in [5, 5.41) is 17.8. The average molecular weight is 455 g/mol. The zero-order chi connectivity index (χ0) is 23.0. The summed E-state index contributed by atoms with van der Waals surface area (Å²) >= 11 is 0. The lowest BCUT2D eigenvalue weighted by molar-refractivity contribution is -0.688. The summed E-state index contributed by atoms with van der Waals surface area (Å²) in [6.45, 7) is 4.29. The van der Waals surface area contributed by atoms with Crippen LogP contribution >= 0.6 is 7.60 Å². The van der Waals surface area contributed by atoms with E-state index in [1.807, 2.05) is 53.4 Å². The van der Waals surface area contributed by atoms with Gasteiger partial charge in [-0.05, 0) is 42.8 Å². The molecule has 0 spiro atoms. The van der Waals surface area contributed by atoms with Crippen LogP contribution in [0.2, 0.25) is 0 Å². The highest BCUT2D eigenvalue weighted by Crippen LogP contribution is 2.32. The van der Waals surface area contributed by atoms with Gasteiger partial charge in [0.1, 0.15) is 0 Å². The number of anilines is 1. The molecular weight excluding hydrogens is 427 g/mol. The minimum atomic E-state index is -4.22. The molecule has 0 aliphatic heterocycles. The molecule has 0 aliphatic rings. The van der Waals surface area contributed by atoms with Gasteiger partial charge in [-0.3, -0.25) is 4.57 Å². The molecule has 0 saturated carbocycles. The van der Waals surface area contributed by atoms with Crippen molar-refractivity contribution in [3.05, 3.63) is 78.6 Å². The molecule has 3 N–H and O–H groups in total. The Morgan fingerprint density at radius 1 is 0.875 bits per heavy atom. The second-order valence-corrected chi connectivity index (χ2v) is 8.97. The van der Waals surface area contributed by atoms with Gasteiger partial charge in [0.05, 0.1) is 23.3 Å². The Hall–Kier alpha value is -2.90. The molecule has 0 bridgehead atoms. The standard InChI is InChI=1S/C23H27N4O4P/c1-2-13-27(16-17-28)22-7-5-20(6-8-22)24-25-21-11-14-26(15-12-21)18-19-3-9-23(10-4-19)32(29,30)31/h3-12,14-15,28H,2,13,16-18H2,1H3,(H-,29,30,31)/p+1. The van der Waals surface area contributed by atoms with E-state index in [9.17, 15) is 19.5 Å². The summed E-state index contributed by atoms with van der Waals surface area (Å²) in [6.07, 6.45) is 4.77. The van der Waals surface area contributed by atoms with Gasteiger partial charge in [-0.2, -0.15) is 10.2 Å². The van der Waals surface area contributed by atoms with Crippen molar-refractivity contribution in [3.8, 4) is 0 Å². The number of azo groups is 1. The normalized spacial score (nSPS) is 11.8. The summed E-state index contributed by atoms with van der Waals surface area (Å²) in [6, 6.07) is 17.8. The Balaban J connectivity index is 1.61. The van der Waals surface area contributed by atoms with Crippen LogP contribution in [-0.4, -0.2) is 34.6 Å². The van der Waals surface area contributed by atoms with Crippen molar-refractivity contribution in [2.45, 2.75) is 19.9 Å². The van der Waals surface area contributed by atoms with E-state index in [0.717, 1.165) is 35.6 Å². The molecule has 3 rings (SSSR count). The Morgan fingerprint density at radius 2 is 1.47 bits per heavy atom. The molecule has 3 aromatic rings. The van der Waals surface area contributed by atoms with Crippen LogP contribution < -0.4 is 14.8 Å². The highest BCUT2D eigenvalue weighted by Gasteiger charge is 2.16. The van der Waals surface area contributed by atoms with Gasteiger partial charge in [-0.25, -0.2) is 4.57 Å². The summed E-state index contributed by atoms with van der Waals surface area (Å²) < 4.78 is 13.2. The first-order chi connectivity index (χ1) is 15.4. The topological polar surface area (TPSA) is 110 Å². The fraction of sp³-hybridized carbons (Fsp3) is 0.261. The van der Waals surface area contributed by atoms with E-state index in [4.69, 9.17) is 0 Å². The van der Waals surface area contributed by atoms with Gasteiger partial charge in [0.25, 0.3) is 0 Å². The number of nitrogens with zero attached hydrogens (tertiary/aromatic N) is 4. The fourth-order valence-corrected chi connectivity index (χ4v) is 3.77. The second kappa shape index (κ2) is 11.1. The first kappa shape index (κ1) is 23.8. The van der Waals surface area contributed by atoms with Crippen molar-refractivity contribution in [1.82, 2.24) is 0 Å². The Labute approximate surface area is 187 Å². The number of hydrogen-bond donors (Lipinski definition) is 3. The smallest absolute Gasteiger partial charge is 0.356 e. The van der Waals surface area contributed by atoms with Crippen LogP contribution in [0.4, 0.5) is 17.1 Å². The number of benzene rings is 2. The van der Waals surface area contributed by atoms with Crippen molar-refractivity contribution in [2.24, 2.45) is 10.2 Å². The summed E-state index contributed by atoms with van der Waals surface area (Å²) in [5.74, 6) is 0. The van der Waals surface area contributed by atoms with E-state index in [-0.39, 0.29) is 11.9 Å². The molecule has 0 atom stereocenters. The van der Waals surface area contributed by atoms with Gasteiger partial charge in [-0.1, -0.05) is 19.1 Å². The van der Waals surface area contributed by atoms with Gasteiger partial charge in [0.2, 0.25) is 0 Å². The quantitative estimate of drug-likeness (QED) is 0.246. The first-order valence-electron chi connectivity index (χ1n) is 10.4. The molecule has 9 heteroatoms. The van der Waals surface area contributed by atoms with Crippen molar-refractivity contribution in [1.29, 1.82) is 0 Å². The van der Waals surface area contributed by atoms with E-state index in [2.05, 4.69) is 22.1 Å². The van der Waals surface area contributed by atoms with E-state index >= 15 is 0 Å². The van der Waals surface area contributed by atoms with E-state index in [1.54, 1.807) is 12.1 Å². The molecule has 0 saturated heterocycles. The van der Waals surface area contributed by atoms with E-state index in [1.165, 1.54) is 12.1 Å². The third kappa shape index (κ3) is 6.80. The van der Waals surface area contributed by atoms with E-state index < -0.39 is 7.60 Å². The molecule has 168 valence electrons. The SMILES string of the molecule is CCCN(CCO)c1ccc(/N=N/c2cc[n+](Cc3ccc(P(=O)(O)O)cc3)cc2)cc1. The number of hydrogen-bond acceptors (Lipinski definition) is 5. The van der Waals surface area contributed by atoms with Crippen LogP contribution in [0.5, 0.6) is 0 Å². The van der Waals surface area contributed by atoms with Crippen LogP contribution in [-0.2, 0) is 11.1 Å². The minimum Gasteiger partial charge on any atom is -0.395 e. The number of aliphatic hydroxyl groups is 1. The molecule has 32 heavy (non-hydrogen) atoms. The monoisotopic (exact) mass is 455 g/mol. The van der Waals surface area contributed by atoms with Crippen molar-refractivity contribution in [3.63, 3.8) is 0 Å². The highest BCUT2D eigenvalue weighted by molar-refractivity contribution is 7.60. The van der Waals surface area contributed by atoms with Gasteiger partial charge < -0.3 is 19.8 Å². The van der Waals surface area contributed by atoms with Gasteiger partial charge in [0, 0.05) is 36.5 Å². The summed E-state index contributed by atoms with van der Waals surface area (Å²) in [4.78, 5) is 20.5. The predicted octanol–water partition coefficient (Wildman–Crippen LogP) is 3.45. The van der Waals surface area contributed by atoms with Crippen molar-refractivity contribution >= 4 is 30.0 Å². The Morgan fingerprint density at radius 3 is 2.00 bits per heavy atom. The van der Waals surface area contributed by atoms with Crippen molar-refractivity contribution in [2.75, 3.05) is 24.6 Å². The molecular formula is C23H28N4O4P+. The molecule has 1 heterocycles. The maximum absolute atomic E-state index is 11.3. The van der Waals surface area contributed by atoms with E-state index in [0.29, 0.717) is 13.1 Å². The zero-order valence-corrected chi connectivity index (χ0v) is 18.8. The number of aromatic nitrogens is 1. The lowest BCUT2D eigenvalue weighted by atomic mass is 10.2. The zero-order valence-electron chi connectivity index (χ0n) is 17.9. The summed E-state index contributed by atoms with van der Waals surface area (Å²) in [5.41, 5.74) is 3.44. The van der Waals surface area contributed by atoms with Crippen LogP contribution in [0.1, 0.15) is 18.9 Å². The Kier molecular flexibility index (Phi) is 8.25. The molecule has 8 nitrogen and oxygen atoms in total. The lowest BCUT2D eigenvalue weighted by Crippen LogP contribution is -2.32. The maximum atomic E-state index is 11.3. The van der Waals surface area contributed by atoms with Gasteiger partial charge in [0.15, 0.2) is 18.9 Å². The molecule has 0 fully saturated rings. The Bertz CT molecular complexity index is 1060. The number of pyridine rings is 1. The third-order valence-electron chi connectivity index (χ3n) is 4.87. The van der Waals surface area contributed by atoms with Crippen LogP contribution in [0.15, 0.2) is 83.3 Å². The van der Waals surface area contributed by atoms with Crippen LogP contribution in [0.25, 0.3) is 0 Å². The number of rotatable bonds is 10. The molecule has 0 unspecified atom stereocenters. The average Bonchev–Trinajstić information content (AvgIpc) is 2.79. The maximum Gasteiger partial charge on any atom is 0.356 e. The molecule has 0 radical (unpaired) electrons. The fourth-order valence-electron chi connectivity index (χ4n) is 3.23. The van der Waals surface area contributed by atoms with Crippen LogP contribution in [0, 0.1) is 0 Å². The molecule has 0 amide bonds.